The quantitative estimate of drug-likeness (QED) is 0.894. The summed E-state index contributed by atoms with van der Waals surface area (Å²) in [5, 5.41) is 4.24. The van der Waals surface area contributed by atoms with Crippen LogP contribution in [0.15, 0.2) is 4.52 Å². The maximum absolute atomic E-state index is 6.51. The highest BCUT2D eigenvalue weighted by atomic mass is 16.5. The average molecular weight is 277 g/mol. The van der Waals surface area contributed by atoms with Crippen molar-refractivity contribution < 1.29 is 4.52 Å². The smallest absolute Gasteiger partial charge is 0.246 e. The van der Waals surface area contributed by atoms with Crippen molar-refractivity contribution in [2.45, 2.75) is 76.7 Å². The summed E-state index contributed by atoms with van der Waals surface area (Å²) in [6.45, 7) is 4.62. The highest BCUT2D eigenvalue weighted by Crippen LogP contribution is 2.38. The van der Waals surface area contributed by atoms with Crippen LogP contribution >= 0.6 is 0 Å². The monoisotopic (exact) mass is 277 g/mol. The summed E-state index contributed by atoms with van der Waals surface area (Å²) < 4.78 is 5.54. The van der Waals surface area contributed by atoms with Crippen LogP contribution in [-0.2, 0) is 5.54 Å². The van der Waals surface area contributed by atoms with Gasteiger partial charge >= 0.3 is 0 Å². The maximum Gasteiger partial charge on any atom is 0.246 e. The lowest BCUT2D eigenvalue weighted by Crippen LogP contribution is -2.40. The van der Waals surface area contributed by atoms with Gasteiger partial charge in [-0.2, -0.15) is 4.98 Å². The Hall–Kier alpha value is -0.900. The van der Waals surface area contributed by atoms with Gasteiger partial charge in [-0.3, -0.25) is 0 Å². The number of hydrogen-bond donors (Lipinski definition) is 1. The van der Waals surface area contributed by atoms with Crippen LogP contribution in [0.2, 0.25) is 0 Å². The maximum atomic E-state index is 6.51. The minimum absolute atomic E-state index is 0.375. The van der Waals surface area contributed by atoms with Crippen LogP contribution in [0.3, 0.4) is 0 Å². The Morgan fingerprint density at radius 1 is 1.00 bits per heavy atom. The third-order valence-corrected chi connectivity index (χ3v) is 5.42. The fourth-order valence-electron chi connectivity index (χ4n) is 3.61. The van der Waals surface area contributed by atoms with E-state index in [0.717, 1.165) is 43.3 Å². The first-order valence-electron chi connectivity index (χ1n) is 8.20. The molecule has 0 atom stereocenters. The van der Waals surface area contributed by atoms with E-state index in [9.17, 15) is 0 Å². The van der Waals surface area contributed by atoms with Gasteiger partial charge in [0.1, 0.15) is 0 Å². The predicted molar refractivity (Wildman–Crippen MR) is 78.2 cm³/mol. The fourth-order valence-corrected chi connectivity index (χ4v) is 3.61. The highest BCUT2D eigenvalue weighted by molar-refractivity contribution is 5.06. The number of hydrogen-bond acceptors (Lipinski definition) is 4. The molecule has 2 aliphatic rings. The number of nitrogens with zero attached hydrogens (tertiary/aromatic N) is 2. The molecule has 2 N–H and O–H groups in total. The van der Waals surface area contributed by atoms with Gasteiger partial charge in [-0.15, -0.1) is 0 Å². The van der Waals surface area contributed by atoms with Gasteiger partial charge in [-0.25, -0.2) is 0 Å². The van der Waals surface area contributed by atoms with Gasteiger partial charge in [0.2, 0.25) is 5.89 Å². The lowest BCUT2D eigenvalue weighted by Gasteiger charge is -2.32. The molecule has 0 unspecified atom stereocenters. The number of nitrogens with two attached hydrogens (primary N) is 1. The Kier molecular flexibility index (Phi) is 3.85. The average Bonchev–Trinajstić information content (AvgIpc) is 2.94. The van der Waals surface area contributed by atoms with E-state index in [2.05, 4.69) is 24.0 Å². The normalized spacial score (nSPS) is 38.9. The van der Waals surface area contributed by atoms with E-state index in [-0.39, 0.29) is 5.54 Å². The predicted octanol–water partition coefficient (Wildman–Crippen LogP) is 3.73. The molecule has 0 spiro atoms. The molecule has 0 aromatic carbocycles. The first-order chi connectivity index (χ1) is 9.57. The molecule has 0 radical (unpaired) electrons. The SMILES string of the molecule is CC1CCC(c2noc(C3(N)CCC(C)CC3)n2)CC1. The van der Waals surface area contributed by atoms with Crippen molar-refractivity contribution in [2.75, 3.05) is 0 Å². The van der Waals surface area contributed by atoms with Gasteiger partial charge in [0.15, 0.2) is 5.82 Å². The van der Waals surface area contributed by atoms with E-state index >= 15 is 0 Å². The van der Waals surface area contributed by atoms with Crippen molar-refractivity contribution in [3.8, 4) is 0 Å². The summed E-state index contributed by atoms with van der Waals surface area (Å²) >= 11 is 0. The summed E-state index contributed by atoms with van der Waals surface area (Å²) in [5.74, 6) is 3.68. The lowest BCUT2D eigenvalue weighted by atomic mass is 9.77. The lowest BCUT2D eigenvalue weighted by molar-refractivity contribution is 0.190. The Bertz CT molecular complexity index is 440. The summed E-state index contributed by atoms with van der Waals surface area (Å²) in [6, 6.07) is 0. The van der Waals surface area contributed by atoms with Gasteiger partial charge in [-0.1, -0.05) is 31.8 Å². The zero-order chi connectivity index (χ0) is 14.2. The summed E-state index contributed by atoms with van der Waals surface area (Å²) in [6.07, 6.45) is 9.20. The number of aromatic nitrogens is 2. The first kappa shape index (κ1) is 14.1. The second kappa shape index (κ2) is 5.47. The second-order valence-corrected chi connectivity index (χ2v) is 7.25. The fraction of sp³-hybridized carbons (Fsp3) is 0.875. The van der Waals surface area contributed by atoms with Gasteiger partial charge in [0, 0.05) is 5.92 Å². The van der Waals surface area contributed by atoms with Gasteiger partial charge in [-0.05, 0) is 50.4 Å². The molecular formula is C16H27N3O. The van der Waals surface area contributed by atoms with Crippen molar-refractivity contribution in [2.24, 2.45) is 17.6 Å². The molecule has 0 saturated heterocycles. The Morgan fingerprint density at radius 3 is 2.25 bits per heavy atom. The van der Waals surface area contributed by atoms with Crippen LogP contribution in [0, 0.1) is 11.8 Å². The molecule has 1 aromatic rings. The van der Waals surface area contributed by atoms with Crippen molar-refractivity contribution in [1.29, 1.82) is 0 Å². The Morgan fingerprint density at radius 2 is 1.60 bits per heavy atom. The number of rotatable bonds is 2. The van der Waals surface area contributed by atoms with Gasteiger partial charge in [0.05, 0.1) is 5.54 Å². The molecule has 2 fully saturated rings. The first-order valence-corrected chi connectivity index (χ1v) is 8.20. The molecule has 4 heteroatoms. The molecule has 112 valence electrons. The largest absolute Gasteiger partial charge is 0.337 e. The zero-order valence-electron chi connectivity index (χ0n) is 12.8. The third-order valence-electron chi connectivity index (χ3n) is 5.42. The van der Waals surface area contributed by atoms with Crippen molar-refractivity contribution in [3.63, 3.8) is 0 Å². The van der Waals surface area contributed by atoms with Gasteiger partial charge in [0.25, 0.3) is 0 Å². The van der Waals surface area contributed by atoms with E-state index in [1.54, 1.807) is 0 Å². The molecule has 0 amide bonds. The molecule has 2 aliphatic carbocycles. The molecule has 20 heavy (non-hydrogen) atoms. The van der Waals surface area contributed by atoms with Gasteiger partial charge < -0.3 is 10.3 Å². The van der Waals surface area contributed by atoms with Crippen LogP contribution in [0.25, 0.3) is 0 Å². The van der Waals surface area contributed by atoms with E-state index < -0.39 is 0 Å². The molecule has 3 rings (SSSR count). The molecule has 0 aliphatic heterocycles. The minimum atomic E-state index is -0.375. The highest BCUT2D eigenvalue weighted by Gasteiger charge is 2.37. The summed E-state index contributed by atoms with van der Waals surface area (Å²) in [7, 11) is 0. The molecular weight excluding hydrogens is 250 g/mol. The minimum Gasteiger partial charge on any atom is -0.337 e. The van der Waals surface area contributed by atoms with Crippen molar-refractivity contribution in [3.05, 3.63) is 11.7 Å². The van der Waals surface area contributed by atoms with Crippen LogP contribution in [-0.4, -0.2) is 10.1 Å². The molecule has 1 heterocycles. The zero-order valence-corrected chi connectivity index (χ0v) is 12.8. The molecule has 4 nitrogen and oxygen atoms in total. The van der Waals surface area contributed by atoms with E-state index in [4.69, 9.17) is 10.3 Å². The molecule has 1 aromatic heterocycles. The van der Waals surface area contributed by atoms with Crippen LogP contribution in [0.5, 0.6) is 0 Å². The summed E-state index contributed by atoms with van der Waals surface area (Å²) in [5.41, 5.74) is 6.14. The van der Waals surface area contributed by atoms with Crippen molar-refractivity contribution >= 4 is 0 Å². The van der Waals surface area contributed by atoms with Crippen LogP contribution < -0.4 is 5.73 Å². The topological polar surface area (TPSA) is 64.9 Å². The second-order valence-electron chi connectivity index (χ2n) is 7.25. The van der Waals surface area contributed by atoms with Crippen molar-refractivity contribution in [1.82, 2.24) is 10.1 Å². The third kappa shape index (κ3) is 2.76. The standard InChI is InChI=1S/C16H27N3O/c1-11-3-5-13(6-4-11)14-18-15(20-19-14)16(17)9-7-12(2)8-10-16/h11-13H,3-10,17H2,1-2H3. The summed E-state index contributed by atoms with van der Waals surface area (Å²) in [4.78, 5) is 4.68. The Balaban J connectivity index is 1.70. The van der Waals surface area contributed by atoms with Crippen LogP contribution in [0.1, 0.15) is 82.8 Å². The van der Waals surface area contributed by atoms with E-state index in [1.165, 1.54) is 25.7 Å². The Labute approximate surface area is 121 Å². The van der Waals surface area contributed by atoms with E-state index in [1.807, 2.05) is 0 Å². The molecule has 0 bridgehead atoms. The van der Waals surface area contributed by atoms with E-state index in [0.29, 0.717) is 11.8 Å². The molecule has 2 saturated carbocycles. The van der Waals surface area contributed by atoms with Crippen LogP contribution in [0.4, 0.5) is 0 Å².